The summed E-state index contributed by atoms with van der Waals surface area (Å²) in [5.41, 5.74) is 6.35. The van der Waals surface area contributed by atoms with Crippen LogP contribution in [0.4, 0.5) is 0 Å². The number of nitrogens with two attached hydrogens (primary N) is 1. The van der Waals surface area contributed by atoms with Crippen LogP contribution in [0, 0.1) is 5.92 Å². The molecule has 0 radical (unpaired) electrons. The van der Waals surface area contributed by atoms with E-state index in [-0.39, 0.29) is 11.8 Å². The summed E-state index contributed by atoms with van der Waals surface area (Å²) in [6, 6.07) is 5.52. The molecule has 3 N–H and O–H groups in total. The number of amides is 1. The number of hydrogen-bond donors (Lipinski definition) is 2. The van der Waals surface area contributed by atoms with Crippen LogP contribution in [0.25, 0.3) is 0 Å². The Hall–Kier alpha value is -1.75. The Balaban J connectivity index is 2.64. The van der Waals surface area contributed by atoms with Gasteiger partial charge in [0.25, 0.3) is 0 Å². The Morgan fingerprint density at radius 3 is 2.68 bits per heavy atom. The van der Waals surface area contributed by atoms with Gasteiger partial charge in [0.15, 0.2) is 0 Å². The molecule has 1 aromatic carbocycles. The first kappa shape index (κ1) is 15.3. The second-order valence-corrected chi connectivity index (χ2v) is 4.37. The van der Waals surface area contributed by atoms with E-state index >= 15 is 0 Å². The molecule has 0 aliphatic carbocycles. The lowest BCUT2D eigenvalue weighted by Crippen LogP contribution is -2.30. The average molecular weight is 266 g/mol. The maximum atomic E-state index is 11.8. The molecule has 0 aliphatic heterocycles. The molecule has 1 rings (SSSR count). The van der Waals surface area contributed by atoms with Gasteiger partial charge in [0.2, 0.25) is 5.91 Å². The number of carbonyl (C=O) groups excluding carboxylic acids is 1. The van der Waals surface area contributed by atoms with Crippen molar-refractivity contribution in [3.8, 4) is 11.5 Å². The summed E-state index contributed by atoms with van der Waals surface area (Å²) in [6.45, 7) is 2.81. The van der Waals surface area contributed by atoms with Crippen molar-refractivity contribution in [2.45, 2.75) is 19.9 Å². The minimum Gasteiger partial charge on any atom is -0.497 e. The average Bonchev–Trinajstić information content (AvgIpc) is 2.44. The lowest BCUT2D eigenvalue weighted by molar-refractivity contribution is -0.124. The molecular formula is C14H22N2O3. The molecule has 0 aromatic heterocycles. The van der Waals surface area contributed by atoms with E-state index in [9.17, 15) is 4.79 Å². The van der Waals surface area contributed by atoms with Gasteiger partial charge in [-0.05, 0) is 25.1 Å². The number of rotatable bonds is 7. The first-order valence-electron chi connectivity index (χ1n) is 6.31. The number of methoxy groups -OCH3 is 2. The van der Waals surface area contributed by atoms with Crippen LogP contribution < -0.4 is 20.5 Å². The van der Waals surface area contributed by atoms with Crippen LogP contribution in [-0.2, 0) is 11.3 Å². The van der Waals surface area contributed by atoms with Gasteiger partial charge < -0.3 is 20.5 Å². The number of carbonyl (C=O) groups is 1. The van der Waals surface area contributed by atoms with Gasteiger partial charge in [-0.2, -0.15) is 0 Å². The van der Waals surface area contributed by atoms with Crippen LogP contribution in [-0.4, -0.2) is 26.7 Å². The van der Waals surface area contributed by atoms with Crippen LogP contribution in [0.2, 0.25) is 0 Å². The molecule has 0 spiro atoms. The Morgan fingerprint density at radius 1 is 1.37 bits per heavy atom. The van der Waals surface area contributed by atoms with Crippen molar-refractivity contribution < 1.29 is 14.3 Å². The van der Waals surface area contributed by atoms with Crippen molar-refractivity contribution in [3.63, 3.8) is 0 Å². The van der Waals surface area contributed by atoms with E-state index in [0.29, 0.717) is 25.3 Å². The molecule has 19 heavy (non-hydrogen) atoms. The molecule has 1 unspecified atom stereocenters. The second kappa shape index (κ2) is 7.63. The third-order valence-electron chi connectivity index (χ3n) is 2.99. The van der Waals surface area contributed by atoms with E-state index in [1.165, 1.54) is 0 Å². The van der Waals surface area contributed by atoms with Crippen molar-refractivity contribution in [1.82, 2.24) is 5.32 Å². The fourth-order valence-corrected chi connectivity index (χ4v) is 1.74. The summed E-state index contributed by atoms with van der Waals surface area (Å²) in [5.74, 6) is 1.35. The van der Waals surface area contributed by atoms with E-state index in [1.54, 1.807) is 20.3 Å². The van der Waals surface area contributed by atoms with Gasteiger partial charge in [-0.15, -0.1) is 0 Å². The van der Waals surface area contributed by atoms with Gasteiger partial charge in [0.05, 0.1) is 14.2 Å². The number of ether oxygens (including phenoxy) is 2. The number of benzene rings is 1. The number of hydrogen-bond acceptors (Lipinski definition) is 4. The summed E-state index contributed by atoms with van der Waals surface area (Å²) in [6.07, 6.45) is 0.686. The highest BCUT2D eigenvalue weighted by molar-refractivity contribution is 5.78. The highest BCUT2D eigenvalue weighted by atomic mass is 16.5. The van der Waals surface area contributed by atoms with E-state index in [2.05, 4.69) is 5.32 Å². The van der Waals surface area contributed by atoms with E-state index in [0.717, 1.165) is 11.3 Å². The van der Waals surface area contributed by atoms with Gasteiger partial charge in [-0.1, -0.05) is 6.92 Å². The van der Waals surface area contributed by atoms with E-state index in [4.69, 9.17) is 15.2 Å². The van der Waals surface area contributed by atoms with Crippen LogP contribution in [0.5, 0.6) is 11.5 Å². The highest BCUT2D eigenvalue weighted by Crippen LogP contribution is 2.24. The summed E-state index contributed by atoms with van der Waals surface area (Å²) in [7, 11) is 3.20. The van der Waals surface area contributed by atoms with E-state index < -0.39 is 0 Å². The van der Waals surface area contributed by atoms with Crippen molar-refractivity contribution in [2.75, 3.05) is 20.8 Å². The van der Waals surface area contributed by atoms with Crippen LogP contribution in [0.3, 0.4) is 0 Å². The molecule has 0 saturated carbocycles. The van der Waals surface area contributed by atoms with Gasteiger partial charge in [0.1, 0.15) is 11.5 Å². The van der Waals surface area contributed by atoms with Gasteiger partial charge in [0, 0.05) is 24.1 Å². The molecule has 1 aromatic rings. The first-order valence-corrected chi connectivity index (χ1v) is 6.31. The molecule has 0 heterocycles. The molecule has 1 atom stereocenters. The molecule has 0 fully saturated rings. The maximum Gasteiger partial charge on any atom is 0.223 e. The predicted octanol–water partition coefficient (Wildman–Crippen LogP) is 1.30. The van der Waals surface area contributed by atoms with Gasteiger partial charge >= 0.3 is 0 Å². The summed E-state index contributed by atoms with van der Waals surface area (Å²) < 4.78 is 10.4. The lowest BCUT2D eigenvalue weighted by atomic mass is 10.1. The van der Waals surface area contributed by atoms with Crippen LogP contribution in [0.15, 0.2) is 18.2 Å². The largest absolute Gasteiger partial charge is 0.497 e. The van der Waals surface area contributed by atoms with E-state index in [1.807, 2.05) is 19.1 Å². The zero-order valence-electron chi connectivity index (χ0n) is 11.7. The fraction of sp³-hybridized carbons (Fsp3) is 0.500. The van der Waals surface area contributed by atoms with Gasteiger partial charge in [-0.3, -0.25) is 4.79 Å². The zero-order valence-corrected chi connectivity index (χ0v) is 11.7. The molecule has 0 bridgehead atoms. The topological polar surface area (TPSA) is 73.6 Å². The zero-order chi connectivity index (χ0) is 14.3. The molecule has 0 saturated heterocycles. The minimum atomic E-state index is -0.0748. The number of nitrogens with one attached hydrogen (secondary N) is 1. The Kier molecular flexibility index (Phi) is 6.15. The third kappa shape index (κ3) is 4.44. The monoisotopic (exact) mass is 266 g/mol. The van der Waals surface area contributed by atoms with Crippen molar-refractivity contribution in [3.05, 3.63) is 23.8 Å². The first-order chi connectivity index (χ1) is 9.12. The minimum absolute atomic E-state index is 0.00308. The molecule has 106 valence electrons. The second-order valence-electron chi connectivity index (χ2n) is 4.37. The normalized spacial score (nSPS) is 11.8. The highest BCUT2D eigenvalue weighted by Gasteiger charge is 2.12. The molecule has 5 heteroatoms. The van der Waals surface area contributed by atoms with Gasteiger partial charge in [-0.25, -0.2) is 0 Å². The Morgan fingerprint density at radius 2 is 2.11 bits per heavy atom. The lowest BCUT2D eigenvalue weighted by Gasteiger charge is -2.13. The maximum absolute atomic E-state index is 11.8. The Bertz CT molecular complexity index is 421. The Labute approximate surface area is 114 Å². The fourth-order valence-electron chi connectivity index (χ4n) is 1.74. The van der Waals surface area contributed by atoms with Crippen LogP contribution >= 0.6 is 0 Å². The third-order valence-corrected chi connectivity index (χ3v) is 2.99. The molecule has 0 aliphatic rings. The summed E-state index contributed by atoms with van der Waals surface area (Å²) in [5, 5.41) is 2.88. The summed E-state index contributed by atoms with van der Waals surface area (Å²) in [4.78, 5) is 11.8. The smallest absolute Gasteiger partial charge is 0.223 e. The van der Waals surface area contributed by atoms with Crippen molar-refractivity contribution in [1.29, 1.82) is 0 Å². The van der Waals surface area contributed by atoms with Crippen molar-refractivity contribution in [2.24, 2.45) is 11.7 Å². The SMILES string of the molecule is COc1ccc(CNC(=O)C(C)CCN)c(OC)c1. The quantitative estimate of drug-likeness (QED) is 0.780. The summed E-state index contributed by atoms with van der Waals surface area (Å²) >= 11 is 0. The van der Waals surface area contributed by atoms with Crippen molar-refractivity contribution >= 4 is 5.91 Å². The standard InChI is InChI=1S/C14H22N2O3/c1-10(6-7-15)14(17)16-9-11-4-5-12(18-2)8-13(11)19-3/h4-5,8,10H,6-7,9,15H2,1-3H3,(H,16,17). The molecule has 5 nitrogen and oxygen atoms in total. The van der Waals surface area contributed by atoms with Crippen LogP contribution in [0.1, 0.15) is 18.9 Å². The predicted molar refractivity (Wildman–Crippen MR) is 74.2 cm³/mol. The molecule has 1 amide bonds. The molecular weight excluding hydrogens is 244 g/mol.